The molecule has 2 aliphatic carbocycles. The molecule has 1 aromatic rings. The molecule has 0 radical (unpaired) electrons. The van der Waals surface area contributed by atoms with Gasteiger partial charge in [0.1, 0.15) is 0 Å². The van der Waals surface area contributed by atoms with Gasteiger partial charge in [-0.3, -0.25) is 0 Å². The molecule has 24 heavy (non-hydrogen) atoms. The Morgan fingerprint density at radius 2 is 2.17 bits per heavy atom. The van der Waals surface area contributed by atoms with E-state index in [9.17, 15) is 15.0 Å². The van der Waals surface area contributed by atoms with Crippen LogP contribution in [0.5, 0.6) is 0 Å². The van der Waals surface area contributed by atoms with Crippen molar-refractivity contribution in [1.29, 1.82) is 0 Å². The number of carbonyl (C=O) groups is 1. The first-order valence-corrected chi connectivity index (χ1v) is 8.93. The SMILES string of the molecule is C[C@H]1C[C@H](O)[C@@]2(C)C(C(=O)O)=CCC[C@@H]2[C@@]1(C)CCc1ccoc1. The smallest absolute Gasteiger partial charge is 0.331 e. The van der Waals surface area contributed by atoms with Crippen LogP contribution in [0.25, 0.3) is 0 Å². The number of carboxylic acids is 1. The van der Waals surface area contributed by atoms with Gasteiger partial charge in [0.15, 0.2) is 0 Å². The fourth-order valence-corrected chi connectivity index (χ4v) is 5.31. The molecule has 0 bridgehead atoms. The normalized spacial score (nSPS) is 39.2. The molecule has 1 aromatic heterocycles. The lowest BCUT2D eigenvalue weighted by molar-refractivity contribution is -0.148. The lowest BCUT2D eigenvalue weighted by atomic mass is 9.45. The lowest BCUT2D eigenvalue weighted by Crippen LogP contribution is -2.57. The Bertz CT molecular complexity index is 632. The first-order chi connectivity index (χ1) is 11.3. The minimum atomic E-state index is -0.881. The number of carboxylic acid groups (broad SMARTS) is 1. The Morgan fingerprint density at radius 3 is 2.79 bits per heavy atom. The molecule has 2 aliphatic rings. The van der Waals surface area contributed by atoms with E-state index in [0.29, 0.717) is 17.9 Å². The number of aliphatic hydroxyl groups excluding tert-OH is 1. The number of aliphatic hydroxyl groups is 1. The molecular weight excluding hydrogens is 304 g/mol. The molecule has 2 N–H and O–H groups in total. The predicted octanol–water partition coefficient (Wildman–Crippen LogP) is 4.05. The van der Waals surface area contributed by atoms with Gasteiger partial charge in [-0.05, 0) is 61.0 Å². The first kappa shape index (κ1) is 17.3. The zero-order valence-electron chi connectivity index (χ0n) is 14.8. The zero-order valence-corrected chi connectivity index (χ0v) is 14.8. The van der Waals surface area contributed by atoms with E-state index in [-0.39, 0.29) is 11.3 Å². The summed E-state index contributed by atoms with van der Waals surface area (Å²) in [6.07, 6.45) is 8.99. The highest BCUT2D eigenvalue weighted by Crippen LogP contribution is 2.61. The van der Waals surface area contributed by atoms with E-state index in [4.69, 9.17) is 4.42 Å². The third-order valence-electron chi connectivity index (χ3n) is 7.06. The van der Waals surface area contributed by atoms with Crippen LogP contribution in [0.3, 0.4) is 0 Å². The predicted molar refractivity (Wildman–Crippen MR) is 91.5 cm³/mol. The maximum absolute atomic E-state index is 11.8. The van der Waals surface area contributed by atoms with Crippen LogP contribution < -0.4 is 0 Å². The molecule has 5 atom stereocenters. The van der Waals surface area contributed by atoms with Gasteiger partial charge >= 0.3 is 5.97 Å². The average Bonchev–Trinajstić information content (AvgIpc) is 3.04. The number of fused-ring (bicyclic) bond motifs is 1. The molecule has 4 nitrogen and oxygen atoms in total. The fourth-order valence-electron chi connectivity index (χ4n) is 5.31. The van der Waals surface area contributed by atoms with Gasteiger partial charge in [0.25, 0.3) is 0 Å². The summed E-state index contributed by atoms with van der Waals surface area (Å²) in [5.74, 6) is -0.356. The average molecular weight is 332 g/mol. The minimum Gasteiger partial charge on any atom is -0.478 e. The van der Waals surface area contributed by atoms with Crippen molar-refractivity contribution in [2.24, 2.45) is 22.7 Å². The van der Waals surface area contributed by atoms with E-state index in [1.165, 1.54) is 5.56 Å². The molecule has 4 heteroatoms. The van der Waals surface area contributed by atoms with Crippen LogP contribution in [0.2, 0.25) is 0 Å². The van der Waals surface area contributed by atoms with Crippen LogP contribution in [0, 0.1) is 22.7 Å². The van der Waals surface area contributed by atoms with Crippen LogP contribution >= 0.6 is 0 Å². The van der Waals surface area contributed by atoms with Crippen molar-refractivity contribution in [2.45, 2.75) is 59.0 Å². The van der Waals surface area contributed by atoms with Crippen molar-refractivity contribution < 1.29 is 19.4 Å². The van der Waals surface area contributed by atoms with E-state index in [1.807, 2.05) is 19.1 Å². The van der Waals surface area contributed by atoms with E-state index in [2.05, 4.69) is 13.8 Å². The van der Waals surface area contributed by atoms with Crippen LogP contribution in [-0.4, -0.2) is 22.3 Å². The van der Waals surface area contributed by atoms with Crippen LogP contribution in [0.15, 0.2) is 34.7 Å². The number of aliphatic carboxylic acids is 1. The molecule has 1 heterocycles. The number of aryl methyl sites for hydroxylation is 1. The van der Waals surface area contributed by atoms with Gasteiger partial charge in [-0.2, -0.15) is 0 Å². The number of rotatable bonds is 4. The third-order valence-corrected chi connectivity index (χ3v) is 7.06. The summed E-state index contributed by atoms with van der Waals surface area (Å²) in [4.78, 5) is 11.8. The van der Waals surface area contributed by atoms with Crippen molar-refractivity contribution in [3.05, 3.63) is 35.8 Å². The quantitative estimate of drug-likeness (QED) is 0.873. The Kier molecular flexibility index (Phi) is 4.37. The third kappa shape index (κ3) is 2.52. The van der Waals surface area contributed by atoms with Crippen molar-refractivity contribution in [3.8, 4) is 0 Å². The summed E-state index contributed by atoms with van der Waals surface area (Å²) in [6, 6.07) is 1.99. The van der Waals surface area contributed by atoms with E-state index in [0.717, 1.165) is 25.7 Å². The zero-order chi connectivity index (χ0) is 17.5. The van der Waals surface area contributed by atoms with Crippen molar-refractivity contribution >= 4 is 5.97 Å². The van der Waals surface area contributed by atoms with Gasteiger partial charge < -0.3 is 14.6 Å². The highest BCUT2D eigenvalue weighted by atomic mass is 16.4. The topological polar surface area (TPSA) is 70.7 Å². The van der Waals surface area contributed by atoms with Gasteiger partial charge in [0.05, 0.1) is 18.6 Å². The molecular formula is C20H28O4. The second-order valence-electron chi connectivity index (χ2n) is 8.13. The van der Waals surface area contributed by atoms with Crippen molar-refractivity contribution in [3.63, 3.8) is 0 Å². The first-order valence-electron chi connectivity index (χ1n) is 8.93. The summed E-state index contributed by atoms with van der Waals surface area (Å²) < 4.78 is 5.18. The largest absolute Gasteiger partial charge is 0.478 e. The Labute approximate surface area is 143 Å². The number of hydrogen-bond donors (Lipinski definition) is 2. The van der Waals surface area contributed by atoms with Gasteiger partial charge in [-0.1, -0.05) is 26.8 Å². The van der Waals surface area contributed by atoms with E-state index in [1.54, 1.807) is 12.5 Å². The molecule has 0 amide bonds. The standard InChI is InChI=1S/C20H28O4/c1-13-11-17(21)20(3)15(18(22)23)5-4-6-16(20)19(13,2)9-7-14-8-10-24-12-14/h5,8,10,12-13,16-17,21H,4,6-7,9,11H2,1-3H3,(H,22,23)/t13-,16+,17-,19-,20-/m0/s1. The number of furan rings is 1. The summed E-state index contributed by atoms with van der Waals surface area (Å²) in [5.41, 5.74) is 0.927. The van der Waals surface area contributed by atoms with Crippen LogP contribution in [-0.2, 0) is 11.2 Å². The molecule has 1 fully saturated rings. The Hall–Kier alpha value is -1.55. The van der Waals surface area contributed by atoms with E-state index < -0.39 is 17.5 Å². The summed E-state index contributed by atoms with van der Waals surface area (Å²) in [5, 5.41) is 20.5. The highest BCUT2D eigenvalue weighted by Gasteiger charge is 2.59. The summed E-state index contributed by atoms with van der Waals surface area (Å²) >= 11 is 0. The second kappa shape index (κ2) is 6.07. The van der Waals surface area contributed by atoms with Gasteiger partial charge in [-0.15, -0.1) is 0 Å². The highest BCUT2D eigenvalue weighted by molar-refractivity contribution is 5.88. The molecule has 1 saturated carbocycles. The minimum absolute atomic E-state index is 0.000208. The van der Waals surface area contributed by atoms with Crippen molar-refractivity contribution in [1.82, 2.24) is 0 Å². The molecule has 0 unspecified atom stereocenters. The van der Waals surface area contributed by atoms with Crippen LogP contribution in [0.4, 0.5) is 0 Å². The maximum atomic E-state index is 11.8. The van der Waals surface area contributed by atoms with Crippen LogP contribution in [0.1, 0.15) is 52.0 Å². The molecule has 0 saturated heterocycles. The van der Waals surface area contributed by atoms with Gasteiger partial charge in [0.2, 0.25) is 0 Å². The van der Waals surface area contributed by atoms with E-state index >= 15 is 0 Å². The summed E-state index contributed by atoms with van der Waals surface area (Å²) in [6.45, 7) is 6.46. The molecule has 3 rings (SSSR count). The molecule has 0 aliphatic heterocycles. The van der Waals surface area contributed by atoms with Gasteiger partial charge in [0, 0.05) is 11.0 Å². The summed E-state index contributed by atoms with van der Waals surface area (Å²) in [7, 11) is 0. The Balaban J connectivity index is 1.94. The van der Waals surface area contributed by atoms with Crippen molar-refractivity contribution in [2.75, 3.05) is 0 Å². The lowest BCUT2D eigenvalue weighted by Gasteiger charge is -2.59. The Morgan fingerprint density at radius 1 is 1.42 bits per heavy atom. The molecule has 0 spiro atoms. The fraction of sp³-hybridized carbons (Fsp3) is 0.650. The van der Waals surface area contributed by atoms with Gasteiger partial charge in [-0.25, -0.2) is 4.79 Å². The molecule has 0 aromatic carbocycles. The monoisotopic (exact) mass is 332 g/mol. The number of hydrogen-bond acceptors (Lipinski definition) is 3. The number of allylic oxidation sites excluding steroid dienone is 1. The second-order valence-corrected chi connectivity index (χ2v) is 8.13. The maximum Gasteiger partial charge on any atom is 0.331 e. The molecule has 132 valence electrons.